The number of benzene rings is 1. The molecule has 146 valence electrons. The molecule has 2 amide bonds. The molecule has 0 radical (unpaired) electrons. The third-order valence-electron chi connectivity index (χ3n) is 5.59. The maximum absolute atomic E-state index is 13.6. The number of amides is 2. The Hall–Kier alpha value is -2.17. The number of hydrogen-bond donors (Lipinski definition) is 1. The van der Waals surface area contributed by atoms with Crippen LogP contribution in [0.3, 0.4) is 0 Å². The van der Waals surface area contributed by atoms with E-state index in [4.69, 9.17) is 0 Å². The van der Waals surface area contributed by atoms with Gasteiger partial charge in [-0.15, -0.1) is 0 Å². The fraction of sp³-hybridized carbons (Fsp3) is 0.545. The molecule has 1 aliphatic carbocycles. The molecule has 27 heavy (non-hydrogen) atoms. The third-order valence-corrected chi connectivity index (χ3v) is 5.59. The monoisotopic (exact) mass is 372 g/mol. The number of allylic oxidation sites excluding steroid dienone is 1. The molecule has 5 heteroatoms. The van der Waals surface area contributed by atoms with Crippen LogP contribution in [0.4, 0.5) is 4.39 Å². The van der Waals surface area contributed by atoms with Gasteiger partial charge in [0.05, 0.1) is 0 Å². The number of nitrogens with one attached hydrogen (secondary N) is 1. The van der Waals surface area contributed by atoms with E-state index in [1.807, 2.05) is 4.90 Å². The van der Waals surface area contributed by atoms with Gasteiger partial charge in [-0.05, 0) is 56.9 Å². The van der Waals surface area contributed by atoms with Gasteiger partial charge >= 0.3 is 0 Å². The average molecular weight is 372 g/mol. The lowest BCUT2D eigenvalue weighted by atomic mass is 9.91. The van der Waals surface area contributed by atoms with Crippen molar-refractivity contribution in [3.05, 3.63) is 47.3 Å². The molecule has 4 nitrogen and oxygen atoms in total. The smallest absolute Gasteiger partial charge is 0.249 e. The fourth-order valence-electron chi connectivity index (χ4n) is 3.98. The van der Waals surface area contributed by atoms with E-state index in [0.717, 1.165) is 57.2 Å². The van der Waals surface area contributed by atoms with Crippen LogP contribution in [0.2, 0.25) is 0 Å². The molecular weight excluding hydrogens is 343 g/mol. The Morgan fingerprint density at radius 2 is 2.04 bits per heavy atom. The van der Waals surface area contributed by atoms with Gasteiger partial charge in [0, 0.05) is 37.2 Å². The van der Waals surface area contributed by atoms with Crippen molar-refractivity contribution in [3.8, 4) is 0 Å². The Balaban J connectivity index is 1.42. The second-order valence-electron chi connectivity index (χ2n) is 7.64. The number of nitrogens with zero attached hydrogens (tertiary/aromatic N) is 1. The molecule has 3 rings (SSSR count). The zero-order valence-electron chi connectivity index (χ0n) is 15.9. The quantitative estimate of drug-likeness (QED) is 0.822. The van der Waals surface area contributed by atoms with Gasteiger partial charge in [0.15, 0.2) is 0 Å². The molecule has 0 bridgehead atoms. The number of piperidine rings is 1. The van der Waals surface area contributed by atoms with Crippen LogP contribution >= 0.6 is 0 Å². The van der Waals surface area contributed by atoms with Crippen LogP contribution in [-0.4, -0.2) is 29.8 Å². The highest BCUT2D eigenvalue weighted by Crippen LogP contribution is 2.25. The molecule has 1 aromatic rings. The molecule has 1 unspecified atom stereocenters. The summed E-state index contributed by atoms with van der Waals surface area (Å²) in [5.74, 6) is 0.211. The van der Waals surface area contributed by atoms with Crippen molar-refractivity contribution in [2.75, 3.05) is 13.1 Å². The molecule has 1 atom stereocenters. The highest BCUT2D eigenvalue weighted by atomic mass is 19.1. The van der Waals surface area contributed by atoms with Crippen molar-refractivity contribution in [3.63, 3.8) is 0 Å². The molecular formula is C22H29FN2O2. The normalized spacial score (nSPS) is 20.1. The lowest BCUT2D eigenvalue weighted by molar-refractivity contribution is -0.129. The molecule has 1 fully saturated rings. The van der Waals surface area contributed by atoms with E-state index in [1.165, 1.54) is 12.5 Å². The van der Waals surface area contributed by atoms with Gasteiger partial charge in [0.2, 0.25) is 11.8 Å². The number of hydrogen-bond acceptors (Lipinski definition) is 2. The summed E-state index contributed by atoms with van der Waals surface area (Å²) < 4.78 is 13.6. The summed E-state index contributed by atoms with van der Waals surface area (Å²) >= 11 is 0. The first kappa shape index (κ1) is 19.6. The molecule has 2 aliphatic rings. The van der Waals surface area contributed by atoms with Gasteiger partial charge < -0.3 is 10.2 Å². The molecule has 1 aromatic carbocycles. The molecule has 0 aromatic heterocycles. The number of likely N-dealkylation sites (tertiary alicyclic amines) is 1. The largest absolute Gasteiger partial charge is 0.352 e. The van der Waals surface area contributed by atoms with Crippen LogP contribution in [0.15, 0.2) is 35.9 Å². The number of halogens is 1. The first-order valence-electron chi connectivity index (χ1n) is 10.1. The standard InChI is InChI=1S/C22H29FN2O2/c23-20-11-5-4-10-19(20)15-24-21(26)13-12-17-7-6-14-25(16-17)22(27)18-8-2-1-3-9-18/h4-5,8,10-11,17H,1-3,6-7,9,12-16H2,(H,24,26). The Labute approximate surface area is 160 Å². The second kappa shape index (κ2) is 9.67. The highest BCUT2D eigenvalue weighted by Gasteiger charge is 2.26. The number of carbonyl (C=O) groups excluding carboxylic acids is 2. The third kappa shape index (κ3) is 5.65. The molecule has 1 heterocycles. The van der Waals surface area contributed by atoms with E-state index in [0.29, 0.717) is 17.9 Å². The summed E-state index contributed by atoms with van der Waals surface area (Å²) in [6.07, 6.45) is 9.56. The van der Waals surface area contributed by atoms with Gasteiger partial charge in [0.1, 0.15) is 5.82 Å². The van der Waals surface area contributed by atoms with Gasteiger partial charge in [-0.2, -0.15) is 0 Å². The van der Waals surface area contributed by atoms with E-state index in [2.05, 4.69) is 11.4 Å². The Kier molecular flexibility index (Phi) is 7.02. The molecule has 1 saturated heterocycles. The maximum Gasteiger partial charge on any atom is 0.249 e. The summed E-state index contributed by atoms with van der Waals surface area (Å²) in [6.45, 7) is 1.79. The van der Waals surface area contributed by atoms with Gasteiger partial charge in [-0.3, -0.25) is 9.59 Å². The van der Waals surface area contributed by atoms with Gasteiger partial charge in [0.25, 0.3) is 0 Å². The summed E-state index contributed by atoms with van der Waals surface area (Å²) in [4.78, 5) is 26.8. The zero-order valence-corrected chi connectivity index (χ0v) is 15.9. The lowest BCUT2D eigenvalue weighted by Crippen LogP contribution is -2.41. The van der Waals surface area contributed by atoms with Crippen LogP contribution in [0, 0.1) is 11.7 Å². The van der Waals surface area contributed by atoms with Gasteiger partial charge in [-0.1, -0.05) is 24.3 Å². The zero-order chi connectivity index (χ0) is 19.1. The summed E-state index contributed by atoms with van der Waals surface area (Å²) in [5.41, 5.74) is 1.48. The van der Waals surface area contributed by atoms with Crippen LogP contribution in [0.25, 0.3) is 0 Å². The summed E-state index contributed by atoms with van der Waals surface area (Å²) in [7, 11) is 0. The lowest BCUT2D eigenvalue weighted by Gasteiger charge is -2.34. The van der Waals surface area contributed by atoms with E-state index < -0.39 is 0 Å². The SMILES string of the molecule is O=C(CCC1CCCN(C(=O)C2=CCCCC2)C1)NCc1ccccc1F. The van der Waals surface area contributed by atoms with Crippen molar-refractivity contribution >= 4 is 11.8 Å². The van der Waals surface area contributed by atoms with Crippen LogP contribution in [-0.2, 0) is 16.1 Å². The first-order valence-corrected chi connectivity index (χ1v) is 10.1. The summed E-state index contributed by atoms with van der Waals surface area (Å²) in [5, 5.41) is 2.80. The molecule has 1 N–H and O–H groups in total. The van der Waals surface area contributed by atoms with Crippen LogP contribution in [0.1, 0.15) is 56.9 Å². The fourth-order valence-corrected chi connectivity index (χ4v) is 3.98. The van der Waals surface area contributed by atoms with E-state index in [9.17, 15) is 14.0 Å². The topological polar surface area (TPSA) is 49.4 Å². The van der Waals surface area contributed by atoms with Crippen molar-refractivity contribution < 1.29 is 14.0 Å². The number of carbonyl (C=O) groups is 2. The van der Waals surface area contributed by atoms with Crippen molar-refractivity contribution in [2.24, 2.45) is 5.92 Å². The average Bonchev–Trinajstić information content (AvgIpc) is 2.72. The van der Waals surface area contributed by atoms with E-state index >= 15 is 0 Å². The van der Waals surface area contributed by atoms with E-state index in [-0.39, 0.29) is 24.2 Å². The van der Waals surface area contributed by atoms with Crippen LogP contribution in [0.5, 0.6) is 0 Å². The minimum absolute atomic E-state index is 0.0586. The molecule has 0 spiro atoms. The maximum atomic E-state index is 13.6. The van der Waals surface area contributed by atoms with Crippen molar-refractivity contribution in [2.45, 2.75) is 57.9 Å². The van der Waals surface area contributed by atoms with Crippen molar-refractivity contribution in [1.29, 1.82) is 0 Å². The van der Waals surface area contributed by atoms with Gasteiger partial charge in [-0.25, -0.2) is 4.39 Å². The number of rotatable bonds is 6. The van der Waals surface area contributed by atoms with Crippen LogP contribution < -0.4 is 5.32 Å². The van der Waals surface area contributed by atoms with Crippen molar-refractivity contribution in [1.82, 2.24) is 10.2 Å². The molecule has 1 aliphatic heterocycles. The minimum Gasteiger partial charge on any atom is -0.352 e. The summed E-state index contributed by atoms with van der Waals surface area (Å²) in [6, 6.07) is 6.48. The Morgan fingerprint density at radius 3 is 2.81 bits per heavy atom. The highest BCUT2D eigenvalue weighted by molar-refractivity contribution is 5.93. The Morgan fingerprint density at radius 1 is 1.19 bits per heavy atom. The predicted octanol–water partition coefficient (Wildman–Crippen LogP) is 3.96. The Bertz CT molecular complexity index is 701. The van der Waals surface area contributed by atoms with E-state index in [1.54, 1.807) is 18.2 Å². The minimum atomic E-state index is -0.295. The predicted molar refractivity (Wildman–Crippen MR) is 103 cm³/mol. The molecule has 0 saturated carbocycles. The first-order chi connectivity index (χ1) is 13.1. The second-order valence-corrected chi connectivity index (χ2v) is 7.64.